The highest BCUT2D eigenvalue weighted by Crippen LogP contribution is 2.29. The summed E-state index contributed by atoms with van der Waals surface area (Å²) < 4.78 is 32.8. The average Bonchev–Trinajstić information content (AvgIpc) is 2.43. The molecule has 0 aliphatic carbocycles. The highest BCUT2D eigenvalue weighted by atomic mass is 19.3. The van der Waals surface area contributed by atoms with E-state index in [1.807, 2.05) is 0 Å². The predicted octanol–water partition coefficient (Wildman–Crippen LogP) is 1.34. The van der Waals surface area contributed by atoms with Crippen LogP contribution in [0.5, 0.6) is 0 Å². The molecule has 0 bridgehead atoms. The van der Waals surface area contributed by atoms with E-state index in [1.165, 1.54) is 19.2 Å². The Balaban J connectivity index is 2.94. The molecule has 0 radical (unpaired) electrons. The zero-order chi connectivity index (χ0) is 15.2. The van der Waals surface area contributed by atoms with E-state index in [9.17, 15) is 18.4 Å². The molecule has 0 aromatic heterocycles. The number of benzene rings is 1. The van der Waals surface area contributed by atoms with E-state index in [-0.39, 0.29) is 13.2 Å². The summed E-state index contributed by atoms with van der Waals surface area (Å²) in [5, 5.41) is 8.69. The minimum atomic E-state index is -3.77. The van der Waals surface area contributed by atoms with Crippen LogP contribution in [0, 0.1) is 0 Å². The fourth-order valence-corrected chi connectivity index (χ4v) is 1.59. The van der Waals surface area contributed by atoms with E-state index in [4.69, 9.17) is 9.84 Å². The van der Waals surface area contributed by atoms with E-state index in [0.29, 0.717) is 4.90 Å². The third-order valence-electron chi connectivity index (χ3n) is 2.58. The molecule has 110 valence electrons. The largest absolute Gasteiger partial charge is 0.480 e. The first-order valence-corrected chi connectivity index (χ1v) is 5.83. The van der Waals surface area contributed by atoms with Gasteiger partial charge in [0.1, 0.15) is 6.54 Å². The Labute approximate surface area is 114 Å². The zero-order valence-electron chi connectivity index (χ0n) is 10.9. The van der Waals surface area contributed by atoms with Crippen LogP contribution in [0.1, 0.15) is 5.56 Å². The van der Waals surface area contributed by atoms with Gasteiger partial charge in [-0.05, 0) is 0 Å². The molecule has 1 amide bonds. The Morgan fingerprint density at radius 3 is 2.40 bits per heavy atom. The third-order valence-corrected chi connectivity index (χ3v) is 2.58. The lowest BCUT2D eigenvalue weighted by Gasteiger charge is -2.25. The molecule has 5 nitrogen and oxygen atoms in total. The molecule has 0 aliphatic heterocycles. The lowest BCUT2D eigenvalue weighted by molar-refractivity contribution is -0.163. The molecule has 0 atom stereocenters. The Morgan fingerprint density at radius 2 is 1.90 bits per heavy atom. The minimum Gasteiger partial charge on any atom is -0.480 e. The van der Waals surface area contributed by atoms with Crippen molar-refractivity contribution in [3.63, 3.8) is 0 Å². The van der Waals surface area contributed by atoms with E-state index in [1.54, 1.807) is 6.07 Å². The molecule has 1 N–H and O–H groups in total. The average molecular weight is 287 g/mol. The SMILES string of the molecule is COCCN(CC(=O)O)C(=O)C(F)(F)c1ccccc1. The van der Waals surface area contributed by atoms with Gasteiger partial charge < -0.3 is 14.7 Å². The Kier molecular flexibility index (Phi) is 5.57. The lowest BCUT2D eigenvalue weighted by atomic mass is 10.1. The van der Waals surface area contributed by atoms with Crippen LogP contribution in [-0.2, 0) is 20.2 Å². The van der Waals surface area contributed by atoms with Crippen molar-refractivity contribution >= 4 is 11.9 Å². The van der Waals surface area contributed by atoms with Crippen LogP contribution in [0.2, 0.25) is 0 Å². The van der Waals surface area contributed by atoms with Gasteiger partial charge in [-0.2, -0.15) is 8.78 Å². The van der Waals surface area contributed by atoms with Gasteiger partial charge in [-0.15, -0.1) is 0 Å². The molecule has 0 unspecified atom stereocenters. The molecular weight excluding hydrogens is 272 g/mol. The van der Waals surface area contributed by atoms with Crippen LogP contribution in [0.3, 0.4) is 0 Å². The quantitative estimate of drug-likeness (QED) is 0.821. The van der Waals surface area contributed by atoms with Gasteiger partial charge in [-0.25, -0.2) is 0 Å². The van der Waals surface area contributed by atoms with Gasteiger partial charge >= 0.3 is 11.9 Å². The maximum atomic E-state index is 14.1. The standard InChI is InChI=1S/C13H15F2NO4/c1-20-8-7-16(9-11(17)18)12(19)13(14,15)10-5-3-2-4-6-10/h2-6H,7-9H2,1H3,(H,17,18). The van der Waals surface area contributed by atoms with E-state index in [0.717, 1.165) is 12.1 Å². The smallest absolute Gasteiger partial charge is 0.349 e. The lowest BCUT2D eigenvalue weighted by Crippen LogP contribution is -2.45. The number of nitrogens with zero attached hydrogens (tertiary/aromatic N) is 1. The Morgan fingerprint density at radius 1 is 1.30 bits per heavy atom. The molecule has 20 heavy (non-hydrogen) atoms. The van der Waals surface area contributed by atoms with Gasteiger partial charge in [0.25, 0.3) is 5.91 Å². The van der Waals surface area contributed by atoms with Gasteiger partial charge in [0.2, 0.25) is 0 Å². The number of carbonyl (C=O) groups is 2. The fourth-order valence-electron chi connectivity index (χ4n) is 1.59. The number of aliphatic carboxylic acids is 1. The topological polar surface area (TPSA) is 66.8 Å². The summed E-state index contributed by atoms with van der Waals surface area (Å²) >= 11 is 0. The van der Waals surface area contributed by atoms with Crippen molar-refractivity contribution < 1.29 is 28.2 Å². The van der Waals surface area contributed by atoms with Crippen molar-refractivity contribution in [1.82, 2.24) is 4.90 Å². The van der Waals surface area contributed by atoms with Crippen molar-refractivity contribution in [1.29, 1.82) is 0 Å². The first-order chi connectivity index (χ1) is 9.39. The molecule has 0 aliphatic rings. The van der Waals surface area contributed by atoms with Crippen molar-refractivity contribution in [2.45, 2.75) is 5.92 Å². The van der Waals surface area contributed by atoms with Crippen LogP contribution >= 0.6 is 0 Å². The number of rotatable bonds is 7. The molecule has 0 spiro atoms. The number of hydrogen-bond acceptors (Lipinski definition) is 3. The molecule has 0 saturated heterocycles. The summed E-state index contributed by atoms with van der Waals surface area (Å²) in [5.74, 6) is -6.69. The molecule has 1 aromatic rings. The number of alkyl halides is 2. The molecule has 7 heteroatoms. The minimum absolute atomic E-state index is 0.0239. The monoisotopic (exact) mass is 287 g/mol. The molecular formula is C13H15F2NO4. The first-order valence-electron chi connectivity index (χ1n) is 5.83. The van der Waals surface area contributed by atoms with Crippen LogP contribution in [0.15, 0.2) is 30.3 Å². The summed E-state index contributed by atoms with van der Waals surface area (Å²) in [6.07, 6.45) is 0. The van der Waals surface area contributed by atoms with Crippen LogP contribution in [0.4, 0.5) is 8.78 Å². The number of methoxy groups -OCH3 is 1. The second-order valence-corrected chi connectivity index (χ2v) is 4.05. The molecule has 0 fully saturated rings. The van der Waals surface area contributed by atoms with E-state index in [2.05, 4.69) is 0 Å². The van der Waals surface area contributed by atoms with Gasteiger partial charge in [0.05, 0.1) is 6.61 Å². The Bertz CT molecular complexity index is 465. The second kappa shape index (κ2) is 6.95. The molecule has 1 rings (SSSR count). The van der Waals surface area contributed by atoms with Gasteiger partial charge in [-0.3, -0.25) is 9.59 Å². The number of carboxylic acids is 1. The zero-order valence-corrected chi connectivity index (χ0v) is 10.9. The fraction of sp³-hybridized carbons (Fsp3) is 0.385. The Hall–Kier alpha value is -2.02. The number of ether oxygens (including phenoxy) is 1. The van der Waals surface area contributed by atoms with Crippen LogP contribution in [-0.4, -0.2) is 48.7 Å². The summed E-state index contributed by atoms with van der Waals surface area (Å²) in [6.45, 7) is -1.04. The van der Waals surface area contributed by atoms with Crippen molar-refractivity contribution in [3.05, 3.63) is 35.9 Å². The maximum Gasteiger partial charge on any atom is 0.349 e. The second-order valence-electron chi connectivity index (χ2n) is 4.05. The van der Waals surface area contributed by atoms with E-state index < -0.39 is 29.9 Å². The number of halogens is 2. The third kappa shape index (κ3) is 3.99. The summed E-state index contributed by atoms with van der Waals surface area (Å²) in [6, 6.07) is 6.55. The normalized spacial score (nSPS) is 11.2. The van der Waals surface area contributed by atoms with E-state index >= 15 is 0 Å². The number of hydrogen-bond donors (Lipinski definition) is 1. The van der Waals surface area contributed by atoms with Gasteiger partial charge in [-0.1, -0.05) is 30.3 Å². The highest BCUT2D eigenvalue weighted by Gasteiger charge is 2.44. The molecule has 1 aromatic carbocycles. The van der Waals surface area contributed by atoms with Crippen LogP contribution in [0.25, 0.3) is 0 Å². The van der Waals surface area contributed by atoms with Gasteiger partial charge in [0, 0.05) is 19.2 Å². The van der Waals surface area contributed by atoms with Gasteiger partial charge in [0.15, 0.2) is 0 Å². The molecule has 0 heterocycles. The van der Waals surface area contributed by atoms with Crippen molar-refractivity contribution in [3.8, 4) is 0 Å². The number of carboxylic acid groups (broad SMARTS) is 1. The molecule has 0 saturated carbocycles. The number of carbonyl (C=O) groups excluding carboxylic acids is 1. The summed E-state index contributed by atoms with van der Waals surface area (Å²) in [5.41, 5.74) is -0.474. The number of amides is 1. The van der Waals surface area contributed by atoms with Crippen molar-refractivity contribution in [2.24, 2.45) is 0 Å². The predicted molar refractivity (Wildman–Crippen MR) is 66.4 cm³/mol. The maximum absolute atomic E-state index is 14.1. The summed E-state index contributed by atoms with van der Waals surface area (Å²) in [4.78, 5) is 23.1. The van der Waals surface area contributed by atoms with Crippen molar-refractivity contribution in [2.75, 3.05) is 26.8 Å². The van der Waals surface area contributed by atoms with Crippen LogP contribution < -0.4 is 0 Å². The summed E-state index contributed by atoms with van der Waals surface area (Å²) in [7, 11) is 1.33. The highest BCUT2D eigenvalue weighted by molar-refractivity contribution is 5.87. The first kappa shape index (κ1) is 16.0.